The Kier molecular flexibility index (Phi) is 3.75. The Morgan fingerprint density at radius 2 is 2.05 bits per heavy atom. The third kappa shape index (κ3) is 2.87. The number of aliphatic hydroxyl groups is 1. The molecule has 0 bridgehead atoms. The summed E-state index contributed by atoms with van der Waals surface area (Å²) in [6.07, 6.45) is 1.71. The van der Waals surface area contributed by atoms with Gasteiger partial charge in [-0.3, -0.25) is 10.1 Å². The quantitative estimate of drug-likeness (QED) is 0.673. The van der Waals surface area contributed by atoms with Crippen LogP contribution in [0.3, 0.4) is 0 Å². The molecule has 0 amide bonds. The van der Waals surface area contributed by atoms with Gasteiger partial charge in [-0.15, -0.1) is 0 Å². The number of aliphatic hydroxyl groups excluding tert-OH is 1. The van der Waals surface area contributed by atoms with E-state index in [0.29, 0.717) is 5.69 Å². The molecule has 0 atom stereocenters. The molecular formula is C14H20N2O3. The van der Waals surface area contributed by atoms with Gasteiger partial charge in [0.25, 0.3) is 5.69 Å². The number of nitro benzene ring substituents is 1. The summed E-state index contributed by atoms with van der Waals surface area (Å²) in [5.74, 6) is 0. The standard InChI is InChI=1S/C14H20N2O3/c1-11-3-4-12(13(9-11)16(18)19)15-7-5-14(2,10-17)6-8-15/h3-4,9,17H,5-8,10H2,1-2H3. The third-order valence-corrected chi connectivity index (χ3v) is 4.02. The highest BCUT2D eigenvalue weighted by molar-refractivity contribution is 5.64. The lowest BCUT2D eigenvalue weighted by Gasteiger charge is -2.39. The van der Waals surface area contributed by atoms with E-state index < -0.39 is 0 Å². The van der Waals surface area contributed by atoms with E-state index in [0.717, 1.165) is 31.5 Å². The maximum atomic E-state index is 11.1. The largest absolute Gasteiger partial charge is 0.396 e. The van der Waals surface area contributed by atoms with Crippen molar-refractivity contribution in [3.63, 3.8) is 0 Å². The number of hydrogen-bond acceptors (Lipinski definition) is 4. The van der Waals surface area contributed by atoms with Gasteiger partial charge in [0.2, 0.25) is 0 Å². The van der Waals surface area contributed by atoms with Crippen molar-refractivity contribution in [1.82, 2.24) is 0 Å². The summed E-state index contributed by atoms with van der Waals surface area (Å²) in [7, 11) is 0. The number of aryl methyl sites for hydroxylation is 1. The lowest BCUT2D eigenvalue weighted by atomic mass is 9.81. The van der Waals surface area contributed by atoms with Gasteiger partial charge in [0.05, 0.1) is 4.92 Å². The van der Waals surface area contributed by atoms with Crippen LogP contribution < -0.4 is 4.90 Å². The fourth-order valence-electron chi connectivity index (χ4n) is 2.49. The first-order chi connectivity index (χ1) is 8.95. The lowest BCUT2D eigenvalue weighted by Crippen LogP contribution is -2.40. The number of anilines is 1. The molecule has 19 heavy (non-hydrogen) atoms. The first kappa shape index (κ1) is 13.8. The van der Waals surface area contributed by atoms with Gasteiger partial charge >= 0.3 is 0 Å². The van der Waals surface area contributed by atoms with Crippen LogP contribution in [0.4, 0.5) is 11.4 Å². The third-order valence-electron chi connectivity index (χ3n) is 4.02. The minimum Gasteiger partial charge on any atom is -0.396 e. The Bertz CT molecular complexity index is 480. The minimum absolute atomic E-state index is 0.0457. The van der Waals surface area contributed by atoms with Crippen molar-refractivity contribution in [2.45, 2.75) is 26.7 Å². The molecule has 1 heterocycles. The highest BCUT2D eigenvalue weighted by Gasteiger charge is 2.31. The number of nitrogens with zero attached hydrogens (tertiary/aromatic N) is 2. The van der Waals surface area contributed by atoms with Gasteiger partial charge in [-0.2, -0.15) is 0 Å². The summed E-state index contributed by atoms with van der Waals surface area (Å²) in [6, 6.07) is 5.35. The van der Waals surface area contributed by atoms with Crippen molar-refractivity contribution in [3.05, 3.63) is 33.9 Å². The van der Waals surface area contributed by atoms with Crippen LogP contribution in [0.25, 0.3) is 0 Å². The fraction of sp³-hybridized carbons (Fsp3) is 0.571. The molecule has 1 saturated heterocycles. The van der Waals surface area contributed by atoms with E-state index in [9.17, 15) is 15.2 Å². The van der Waals surface area contributed by atoms with Crippen LogP contribution in [-0.2, 0) is 0 Å². The number of hydrogen-bond donors (Lipinski definition) is 1. The maximum absolute atomic E-state index is 11.1. The zero-order chi connectivity index (χ0) is 14.0. The molecule has 0 aliphatic carbocycles. The van der Waals surface area contributed by atoms with Crippen LogP contribution >= 0.6 is 0 Å². The summed E-state index contributed by atoms with van der Waals surface area (Å²) in [4.78, 5) is 12.9. The minimum atomic E-state index is -0.317. The van der Waals surface area contributed by atoms with E-state index >= 15 is 0 Å². The van der Waals surface area contributed by atoms with Crippen LogP contribution in [0.5, 0.6) is 0 Å². The van der Waals surface area contributed by atoms with E-state index in [2.05, 4.69) is 11.8 Å². The highest BCUT2D eigenvalue weighted by Crippen LogP contribution is 2.36. The number of nitro groups is 1. The first-order valence-electron chi connectivity index (χ1n) is 6.56. The molecule has 0 radical (unpaired) electrons. The van der Waals surface area contributed by atoms with Crippen LogP contribution in [0.15, 0.2) is 18.2 Å². The molecular weight excluding hydrogens is 244 g/mol. The Labute approximate surface area is 113 Å². The molecule has 0 aromatic heterocycles. The van der Waals surface area contributed by atoms with Gasteiger partial charge in [-0.05, 0) is 36.8 Å². The summed E-state index contributed by atoms with van der Waals surface area (Å²) in [5, 5.41) is 20.5. The maximum Gasteiger partial charge on any atom is 0.292 e. The predicted octanol–water partition coefficient (Wildman–Crippen LogP) is 2.50. The Morgan fingerprint density at radius 3 is 2.58 bits per heavy atom. The topological polar surface area (TPSA) is 66.6 Å². The molecule has 0 saturated carbocycles. The molecule has 1 aromatic rings. The molecule has 1 aromatic carbocycles. The molecule has 1 aliphatic rings. The molecule has 1 fully saturated rings. The molecule has 5 heteroatoms. The van der Waals surface area contributed by atoms with E-state index in [1.165, 1.54) is 0 Å². The van der Waals surface area contributed by atoms with Crippen molar-refractivity contribution in [3.8, 4) is 0 Å². The second-order valence-electron chi connectivity index (χ2n) is 5.71. The molecule has 0 spiro atoms. The molecule has 2 rings (SSSR count). The van der Waals surface area contributed by atoms with Crippen molar-refractivity contribution in [2.24, 2.45) is 5.41 Å². The second kappa shape index (κ2) is 5.17. The normalized spacial score (nSPS) is 18.4. The van der Waals surface area contributed by atoms with Crippen molar-refractivity contribution in [1.29, 1.82) is 0 Å². The van der Waals surface area contributed by atoms with Crippen molar-refractivity contribution in [2.75, 3.05) is 24.6 Å². The monoisotopic (exact) mass is 264 g/mol. The predicted molar refractivity (Wildman–Crippen MR) is 74.5 cm³/mol. The van der Waals surface area contributed by atoms with Crippen LogP contribution in [-0.4, -0.2) is 29.7 Å². The summed E-state index contributed by atoms with van der Waals surface area (Å²) in [6.45, 7) is 5.60. The van der Waals surface area contributed by atoms with Gasteiger partial charge in [0.1, 0.15) is 5.69 Å². The van der Waals surface area contributed by atoms with Crippen LogP contribution in [0, 0.1) is 22.5 Å². The Morgan fingerprint density at radius 1 is 1.42 bits per heavy atom. The summed E-state index contributed by atoms with van der Waals surface area (Å²) < 4.78 is 0. The average Bonchev–Trinajstić information content (AvgIpc) is 2.40. The number of piperidine rings is 1. The van der Waals surface area contributed by atoms with Gasteiger partial charge < -0.3 is 10.0 Å². The van der Waals surface area contributed by atoms with E-state index in [4.69, 9.17) is 0 Å². The van der Waals surface area contributed by atoms with E-state index in [1.54, 1.807) is 6.07 Å². The first-order valence-corrected chi connectivity index (χ1v) is 6.56. The molecule has 104 valence electrons. The van der Waals surface area contributed by atoms with Crippen molar-refractivity contribution < 1.29 is 10.0 Å². The van der Waals surface area contributed by atoms with Gasteiger partial charge in [-0.1, -0.05) is 13.0 Å². The summed E-state index contributed by atoms with van der Waals surface area (Å²) in [5.41, 5.74) is 1.71. The van der Waals surface area contributed by atoms with E-state index in [-0.39, 0.29) is 22.6 Å². The second-order valence-corrected chi connectivity index (χ2v) is 5.71. The Hall–Kier alpha value is -1.62. The molecule has 1 N–H and O–H groups in total. The van der Waals surface area contributed by atoms with E-state index in [1.807, 2.05) is 19.1 Å². The van der Waals surface area contributed by atoms with Crippen LogP contribution in [0.1, 0.15) is 25.3 Å². The molecule has 0 unspecified atom stereocenters. The lowest BCUT2D eigenvalue weighted by molar-refractivity contribution is -0.384. The van der Waals surface area contributed by atoms with Gasteiger partial charge in [0, 0.05) is 25.8 Å². The SMILES string of the molecule is Cc1ccc(N2CCC(C)(CO)CC2)c([N+](=O)[O-])c1. The van der Waals surface area contributed by atoms with Crippen molar-refractivity contribution >= 4 is 11.4 Å². The molecule has 5 nitrogen and oxygen atoms in total. The van der Waals surface area contributed by atoms with Gasteiger partial charge in [0.15, 0.2) is 0 Å². The number of rotatable bonds is 3. The summed E-state index contributed by atoms with van der Waals surface area (Å²) >= 11 is 0. The average molecular weight is 264 g/mol. The smallest absolute Gasteiger partial charge is 0.292 e. The fourth-order valence-corrected chi connectivity index (χ4v) is 2.49. The number of benzene rings is 1. The van der Waals surface area contributed by atoms with Gasteiger partial charge in [-0.25, -0.2) is 0 Å². The Balaban J connectivity index is 2.22. The highest BCUT2D eigenvalue weighted by atomic mass is 16.6. The zero-order valence-corrected chi connectivity index (χ0v) is 11.4. The zero-order valence-electron chi connectivity index (χ0n) is 11.4. The molecule has 1 aliphatic heterocycles. The van der Waals surface area contributed by atoms with Crippen LogP contribution in [0.2, 0.25) is 0 Å².